The first-order valence-electron chi connectivity index (χ1n) is 7.24. The van der Waals surface area contributed by atoms with E-state index in [4.69, 9.17) is 0 Å². The number of rotatable bonds is 2. The Hall–Kier alpha value is -2.69. The van der Waals surface area contributed by atoms with Crippen LogP contribution in [0.2, 0.25) is 0 Å². The van der Waals surface area contributed by atoms with Crippen LogP contribution < -0.4 is 4.90 Å². The van der Waals surface area contributed by atoms with Crippen LogP contribution in [0.25, 0.3) is 0 Å². The molecule has 0 saturated carbocycles. The number of nitro groups is 1. The number of aryl methyl sites for hydroxylation is 1. The number of fused-ring (bicyclic) bond motifs is 1. The third-order valence-corrected chi connectivity index (χ3v) is 4.05. The molecule has 0 saturated heterocycles. The van der Waals surface area contributed by atoms with Crippen LogP contribution in [0.1, 0.15) is 29.3 Å². The minimum Gasteiger partial charge on any atom is -0.305 e. The molecule has 5 heteroatoms. The Kier molecular flexibility index (Phi) is 3.63. The van der Waals surface area contributed by atoms with E-state index in [2.05, 4.69) is 0 Å². The summed E-state index contributed by atoms with van der Waals surface area (Å²) >= 11 is 0. The number of non-ortho nitro benzene ring substituents is 1. The van der Waals surface area contributed by atoms with Gasteiger partial charge in [-0.2, -0.15) is 0 Å². The van der Waals surface area contributed by atoms with Gasteiger partial charge in [-0.3, -0.25) is 14.9 Å². The highest BCUT2D eigenvalue weighted by Crippen LogP contribution is 2.32. The molecule has 1 aliphatic heterocycles. The van der Waals surface area contributed by atoms with Gasteiger partial charge in [0, 0.05) is 29.4 Å². The molecule has 112 valence electrons. The number of anilines is 1. The molecule has 0 spiro atoms. The molecule has 3 rings (SSSR count). The number of carbonyl (C=O) groups excluding carboxylic acids is 1. The van der Waals surface area contributed by atoms with Crippen molar-refractivity contribution in [2.75, 3.05) is 4.90 Å². The molecule has 0 N–H and O–H groups in total. The van der Waals surface area contributed by atoms with Gasteiger partial charge in [-0.1, -0.05) is 24.3 Å². The second-order valence-electron chi connectivity index (χ2n) is 5.50. The molecule has 0 aliphatic carbocycles. The second-order valence-corrected chi connectivity index (χ2v) is 5.50. The summed E-state index contributed by atoms with van der Waals surface area (Å²) in [5.41, 5.74) is 2.32. The van der Waals surface area contributed by atoms with Gasteiger partial charge in [0.25, 0.3) is 11.6 Å². The van der Waals surface area contributed by atoms with Gasteiger partial charge in [0.2, 0.25) is 0 Å². The van der Waals surface area contributed by atoms with Gasteiger partial charge in [-0.05, 0) is 37.5 Å². The van der Waals surface area contributed by atoms with Crippen LogP contribution in [0.5, 0.6) is 0 Å². The van der Waals surface area contributed by atoms with Crippen LogP contribution in [-0.2, 0) is 6.42 Å². The first kappa shape index (κ1) is 14.3. The van der Waals surface area contributed by atoms with Crippen molar-refractivity contribution in [3.63, 3.8) is 0 Å². The predicted molar refractivity (Wildman–Crippen MR) is 84.1 cm³/mol. The van der Waals surface area contributed by atoms with E-state index >= 15 is 0 Å². The van der Waals surface area contributed by atoms with Crippen molar-refractivity contribution in [1.29, 1.82) is 0 Å². The fraction of sp³-hybridized carbons (Fsp3) is 0.235. The van der Waals surface area contributed by atoms with Crippen LogP contribution in [0.15, 0.2) is 48.5 Å². The highest BCUT2D eigenvalue weighted by atomic mass is 16.6. The molecule has 1 aliphatic rings. The maximum absolute atomic E-state index is 12.9. The van der Waals surface area contributed by atoms with Crippen LogP contribution in [0, 0.1) is 10.1 Å². The number of hydrogen-bond donors (Lipinski definition) is 0. The standard InChI is InChI=1S/C17H16N2O3/c1-12-9-10-13-5-2-3-8-16(13)18(12)17(20)14-6-4-7-15(11-14)19(21)22/h2-8,11-12H,9-10H2,1H3. The Morgan fingerprint density at radius 2 is 2.00 bits per heavy atom. The van der Waals surface area contributed by atoms with Crippen LogP contribution in [0.3, 0.4) is 0 Å². The molecular weight excluding hydrogens is 280 g/mol. The lowest BCUT2D eigenvalue weighted by atomic mass is 9.95. The lowest BCUT2D eigenvalue weighted by Crippen LogP contribution is -2.42. The summed E-state index contributed by atoms with van der Waals surface area (Å²) in [7, 11) is 0. The van der Waals surface area contributed by atoms with Gasteiger partial charge >= 0.3 is 0 Å². The Bertz CT molecular complexity index is 742. The van der Waals surface area contributed by atoms with Crippen LogP contribution >= 0.6 is 0 Å². The fourth-order valence-corrected chi connectivity index (χ4v) is 2.89. The zero-order chi connectivity index (χ0) is 15.7. The first-order chi connectivity index (χ1) is 10.6. The molecule has 0 bridgehead atoms. The predicted octanol–water partition coefficient (Wildman–Crippen LogP) is 3.58. The van der Waals surface area contributed by atoms with Gasteiger partial charge < -0.3 is 4.90 Å². The number of para-hydroxylation sites is 1. The zero-order valence-corrected chi connectivity index (χ0v) is 12.2. The molecule has 0 aromatic heterocycles. The van der Waals surface area contributed by atoms with Gasteiger partial charge in [-0.15, -0.1) is 0 Å². The zero-order valence-electron chi connectivity index (χ0n) is 12.2. The molecule has 1 heterocycles. The Morgan fingerprint density at radius 3 is 2.77 bits per heavy atom. The lowest BCUT2D eigenvalue weighted by molar-refractivity contribution is -0.384. The van der Waals surface area contributed by atoms with Crippen molar-refractivity contribution in [1.82, 2.24) is 0 Å². The Labute approximate surface area is 128 Å². The van der Waals surface area contributed by atoms with E-state index in [1.165, 1.54) is 12.1 Å². The monoisotopic (exact) mass is 296 g/mol. The minimum atomic E-state index is -0.482. The van der Waals surface area contributed by atoms with Crippen molar-refractivity contribution in [2.24, 2.45) is 0 Å². The molecule has 22 heavy (non-hydrogen) atoms. The number of carbonyl (C=O) groups is 1. The van der Waals surface area contributed by atoms with Crippen molar-refractivity contribution in [3.8, 4) is 0 Å². The van der Waals surface area contributed by atoms with E-state index in [0.29, 0.717) is 5.56 Å². The van der Waals surface area contributed by atoms with Crippen molar-refractivity contribution in [2.45, 2.75) is 25.8 Å². The highest BCUT2D eigenvalue weighted by Gasteiger charge is 2.29. The maximum atomic E-state index is 12.9. The number of nitro benzene ring substituents is 1. The number of hydrogen-bond acceptors (Lipinski definition) is 3. The average molecular weight is 296 g/mol. The highest BCUT2D eigenvalue weighted by molar-refractivity contribution is 6.07. The minimum absolute atomic E-state index is 0.0659. The Balaban J connectivity index is 2.01. The summed E-state index contributed by atoms with van der Waals surface area (Å²) in [5.74, 6) is -0.191. The molecule has 0 radical (unpaired) electrons. The van der Waals surface area contributed by atoms with Crippen molar-refractivity contribution in [3.05, 3.63) is 69.8 Å². The van der Waals surface area contributed by atoms with E-state index in [1.807, 2.05) is 31.2 Å². The number of benzene rings is 2. The summed E-state index contributed by atoms with van der Waals surface area (Å²) in [6.07, 6.45) is 1.83. The fourth-order valence-electron chi connectivity index (χ4n) is 2.89. The van der Waals surface area contributed by atoms with Gasteiger partial charge in [0.1, 0.15) is 0 Å². The van der Waals surface area contributed by atoms with Crippen molar-refractivity contribution >= 4 is 17.3 Å². The SMILES string of the molecule is CC1CCc2ccccc2N1C(=O)c1cccc([N+](=O)[O-])c1. The molecule has 1 atom stereocenters. The number of nitrogens with zero attached hydrogens (tertiary/aromatic N) is 2. The molecule has 0 fully saturated rings. The summed E-state index contributed by atoms with van der Waals surface area (Å²) in [4.78, 5) is 25.0. The van der Waals surface area contributed by atoms with E-state index in [0.717, 1.165) is 24.1 Å². The summed E-state index contributed by atoms with van der Waals surface area (Å²) < 4.78 is 0. The molecule has 2 aromatic rings. The van der Waals surface area contributed by atoms with Crippen molar-refractivity contribution < 1.29 is 9.72 Å². The van der Waals surface area contributed by atoms with Crippen LogP contribution in [0.4, 0.5) is 11.4 Å². The Morgan fingerprint density at radius 1 is 1.23 bits per heavy atom. The molecular formula is C17H16N2O3. The third-order valence-electron chi connectivity index (χ3n) is 4.05. The first-order valence-corrected chi connectivity index (χ1v) is 7.24. The molecule has 1 amide bonds. The van der Waals surface area contributed by atoms with Gasteiger partial charge in [0.05, 0.1) is 4.92 Å². The average Bonchev–Trinajstić information content (AvgIpc) is 2.54. The number of amides is 1. The lowest BCUT2D eigenvalue weighted by Gasteiger charge is -2.35. The summed E-state index contributed by atoms with van der Waals surface area (Å²) in [5, 5.41) is 10.9. The molecule has 5 nitrogen and oxygen atoms in total. The van der Waals surface area contributed by atoms with E-state index in [-0.39, 0.29) is 17.6 Å². The van der Waals surface area contributed by atoms with E-state index < -0.39 is 4.92 Å². The topological polar surface area (TPSA) is 63.5 Å². The summed E-state index contributed by atoms with van der Waals surface area (Å²) in [6.45, 7) is 2.01. The van der Waals surface area contributed by atoms with Gasteiger partial charge in [0.15, 0.2) is 0 Å². The largest absolute Gasteiger partial charge is 0.305 e. The quantitative estimate of drug-likeness (QED) is 0.628. The van der Waals surface area contributed by atoms with Gasteiger partial charge in [-0.25, -0.2) is 0 Å². The third kappa shape index (κ3) is 2.45. The second kappa shape index (κ2) is 5.60. The van der Waals surface area contributed by atoms with Crippen LogP contribution in [-0.4, -0.2) is 16.9 Å². The maximum Gasteiger partial charge on any atom is 0.270 e. The normalized spacial score (nSPS) is 17.0. The smallest absolute Gasteiger partial charge is 0.270 e. The summed E-state index contributed by atoms with van der Waals surface area (Å²) in [6, 6.07) is 13.8. The molecule has 2 aromatic carbocycles. The van der Waals surface area contributed by atoms with E-state index in [9.17, 15) is 14.9 Å². The molecule has 1 unspecified atom stereocenters. The van der Waals surface area contributed by atoms with E-state index in [1.54, 1.807) is 17.0 Å².